The van der Waals surface area contributed by atoms with Crippen molar-refractivity contribution in [1.82, 2.24) is 0 Å². The first kappa shape index (κ1) is 65.0. The first-order valence-electron chi connectivity index (χ1n) is 29.9. The van der Waals surface area contributed by atoms with E-state index in [0.717, 1.165) is 38.5 Å². The quantitative estimate of drug-likeness (QED) is 0.0488. The van der Waals surface area contributed by atoms with E-state index in [1.165, 1.54) is 289 Å². The molecule has 0 radical (unpaired) electrons. The van der Waals surface area contributed by atoms with E-state index in [2.05, 4.69) is 27.7 Å². The molecule has 4 heteroatoms. The van der Waals surface area contributed by atoms with Crippen LogP contribution in [0, 0.1) is 5.92 Å². The highest BCUT2D eigenvalue weighted by Crippen LogP contribution is 2.21. The van der Waals surface area contributed by atoms with E-state index in [4.69, 9.17) is 4.74 Å². The van der Waals surface area contributed by atoms with Gasteiger partial charge in [0.2, 0.25) is 0 Å². The summed E-state index contributed by atoms with van der Waals surface area (Å²) in [6.07, 6.45) is 68.3. The Morgan fingerprint density at radius 3 is 0.734 bits per heavy atom. The first-order valence-corrected chi connectivity index (χ1v) is 29.9. The summed E-state index contributed by atoms with van der Waals surface area (Å²) in [5.74, 6) is -0.631. The molecule has 64 heavy (non-hydrogen) atoms. The summed E-state index contributed by atoms with van der Waals surface area (Å²) in [7, 11) is 0. The van der Waals surface area contributed by atoms with Crippen molar-refractivity contribution in [1.29, 1.82) is 0 Å². The van der Waals surface area contributed by atoms with Gasteiger partial charge in [-0.25, -0.2) is 0 Å². The lowest BCUT2D eigenvalue weighted by Gasteiger charge is -2.12. The number of carbonyl (C=O) groups is 2. The molecule has 0 bridgehead atoms. The van der Waals surface area contributed by atoms with Crippen LogP contribution >= 0.6 is 0 Å². The molecule has 0 aliphatic carbocycles. The summed E-state index contributed by atoms with van der Waals surface area (Å²) >= 11 is 0. The Hall–Kier alpha value is -1.06. The fraction of sp³-hybridized carbons (Fsp3) is 0.967. The lowest BCUT2D eigenvalue weighted by atomic mass is 9.94. The summed E-state index contributed by atoms with van der Waals surface area (Å²) in [4.78, 5) is 23.4. The smallest absolute Gasteiger partial charge is 0.306 e. The highest BCUT2D eigenvalue weighted by Gasteiger charge is 2.16. The van der Waals surface area contributed by atoms with Crippen LogP contribution in [0.15, 0.2) is 0 Å². The van der Waals surface area contributed by atoms with Gasteiger partial charge >= 0.3 is 11.9 Å². The fourth-order valence-electron chi connectivity index (χ4n) is 9.34. The van der Waals surface area contributed by atoms with E-state index >= 15 is 0 Å². The molecule has 0 aliphatic rings. The summed E-state index contributed by atoms with van der Waals surface area (Å²) in [5, 5.41) is 9.45. The second-order valence-corrected chi connectivity index (χ2v) is 20.5. The number of unbranched alkanes of at least 4 members (excludes halogenated alkanes) is 45. The van der Waals surface area contributed by atoms with Gasteiger partial charge in [0.15, 0.2) is 0 Å². The molecule has 0 aromatic carbocycles. The van der Waals surface area contributed by atoms with Crippen LogP contribution in [0.1, 0.15) is 362 Å². The number of hydrogen-bond acceptors (Lipinski definition) is 3. The summed E-state index contributed by atoms with van der Waals surface area (Å²) in [6.45, 7) is 9.73. The zero-order chi connectivity index (χ0) is 46.9. The van der Waals surface area contributed by atoms with Gasteiger partial charge in [-0.15, -0.1) is 0 Å². The summed E-state index contributed by atoms with van der Waals surface area (Å²) in [6, 6.07) is 0. The molecule has 0 fully saturated rings. The number of esters is 1. The normalized spacial score (nSPS) is 11.8. The Balaban J connectivity index is 0. The van der Waals surface area contributed by atoms with Crippen molar-refractivity contribution in [3.63, 3.8) is 0 Å². The van der Waals surface area contributed by atoms with Gasteiger partial charge in [0.25, 0.3) is 0 Å². The van der Waals surface area contributed by atoms with Gasteiger partial charge < -0.3 is 9.84 Å². The van der Waals surface area contributed by atoms with Crippen molar-refractivity contribution in [2.45, 2.75) is 362 Å². The molecule has 0 aromatic heterocycles. The number of carbonyl (C=O) groups excluding carboxylic acids is 1. The SMILES string of the molecule is CCCCCCCCCCCCCCC(CCCCCCCCCC)C(=O)O.CCCCCCCCCCCCCCCCCCOC(=O)CCCCCCCCCCCCCCC. The minimum atomic E-state index is -0.564. The van der Waals surface area contributed by atoms with Gasteiger partial charge in [0.1, 0.15) is 0 Å². The maximum absolute atomic E-state index is 11.9. The Labute approximate surface area is 404 Å². The largest absolute Gasteiger partial charge is 0.481 e. The number of aliphatic carboxylic acids is 1. The minimum Gasteiger partial charge on any atom is -0.481 e. The lowest BCUT2D eigenvalue weighted by Crippen LogP contribution is -2.13. The van der Waals surface area contributed by atoms with Crippen molar-refractivity contribution in [3.05, 3.63) is 0 Å². The second kappa shape index (κ2) is 60.0. The van der Waals surface area contributed by atoms with Crippen molar-refractivity contribution >= 4 is 11.9 Å². The van der Waals surface area contributed by atoms with Gasteiger partial charge in [-0.2, -0.15) is 0 Å². The molecule has 0 rings (SSSR count). The van der Waals surface area contributed by atoms with Crippen LogP contribution < -0.4 is 0 Å². The molecule has 0 saturated heterocycles. The number of rotatable bonds is 54. The monoisotopic (exact) mass is 905 g/mol. The molecule has 1 unspecified atom stereocenters. The van der Waals surface area contributed by atoms with E-state index in [-0.39, 0.29) is 11.9 Å². The number of hydrogen-bond donors (Lipinski definition) is 1. The number of ether oxygens (including phenoxy) is 1. The molecule has 0 spiro atoms. The highest BCUT2D eigenvalue weighted by molar-refractivity contribution is 5.70. The third kappa shape index (κ3) is 59.0. The Morgan fingerprint density at radius 1 is 0.297 bits per heavy atom. The van der Waals surface area contributed by atoms with Crippen LogP contribution in [-0.2, 0) is 14.3 Å². The third-order valence-electron chi connectivity index (χ3n) is 13.9. The van der Waals surface area contributed by atoms with Crippen LogP contribution in [0.4, 0.5) is 0 Å². The van der Waals surface area contributed by atoms with Crippen LogP contribution in [0.3, 0.4) is 0 Å². The van der Waals surface area contributed by atoms with E-state index < -0.39 is 5.97 Å². The summed E-state index contributed by atoms with van der Waals surface area (Å²) < 4.78 is 5.43. The highest BCUT2D eigenvalue weighted by atomic mass is 16.5. The Bertz CT molecular complexity index is 857. The van der Waals surface area contributed by atoms with Gasteiger partial charge in [-0.05, 0) is 25.7 Å². The fourth-order valence-corrected chi connectivity index (χ4v) is 9.34. The van der Waals surface area contributed by atoms with Crippen molar-refractivity contribution in [3.8, 4) is 0 Å². The van der Waals surface area contributed by atoms with Gasteiger partial charge in [0.05, 0.1) is 12.5 Å². The Morgan fingerprint density at radius 2 is 0.500 bits per heavy atom. The topological polar surface area (TPSA) is 63.6 Å². The molecule has 1 atom stereocenters. The third-order valence-corrected chi connectivity index (χ3v) is 13.9. The van der Waals surface area contributed by atoms with E-state index in [1.54, 1.807) is 0 Å². The van der Waals surface area contributed by atoms with Crippen LogP contribution in [0.5, 0.6) is 0 Å². The molecule has 1 N–H and O–H groups in total. The van der Waals surface area contributed by atoms with Crippen molar-refractivity contribution in [2.24, 2.45) is 5.92 Å². The molecule has 4 nitrogen and oxygen atoms in total. The molecule has 0 heterocycles. The van der Waals surface area contributed by atoms with Gasteiger partial charge in [-0.3, -0.25) is 9.59 Å². The lowest BCUT2D eigenvalue weighted by molar-refractivity contribution is -0.144. The first-order chi connectivity index (χ1) is 31.5. The zero-order valence-electron chi connectivity index (χ0n) is 44.7. The molecule has 384 valence electrons. The van der Waals surface area contributed by atoms with E-state index in [9.17, 15) is 14.7 Å². The molecule has 0 amide bonds. The van der Waals surface area contributed by atoms with Crippen molar-refractivity contribution < 1.29 is 19.4 Å². The molecule has 0 saturated carbocycles. The maximum Gasteiger partial charge on any atom is 0.306 e. The maximum atomic E-state index is 11.9. The second-order valence-electron chi connectivity index (χ2n) is 20.5. The number of carboxylic acid groups (broad SMARTS) is 1. The van der Waals surface area contributed by atoms with E-state index in [1.807, 2.05) is 0 Å². The van der Waals surface area contributed by atoms with Crippen LogP contribution in [0.25, 0.3) is 0 Å². The predicted octanol–water partition coefficient (Wildman–Crippen LogP) is 21.6. The average molecular weight is 906 g/mol. The zero-order valence-corrected chi connectivity index (χ0v) is 44.7. The van der Waals surface area contributed by atoms with Crippen LogP contribution in [-0.4, -0.2) is 23.7 Å². The predicted molar refractivity (Wildman–Crippen MR) is 285 cm³/mol. The van der Waals surface area contributed by atoms with Gasteiger partial charge in [-0.1, -0.05) is 329 Å². The standard InChI is InChI=1S/C34H68O2.C26H52O2/c1-3-5-7-9-11-13-15-17-18-19-21-23-25-27-29-31-33-36-34(35)32-30-28-26-24-22-20-16-14-12-10-8-6-4-2;1-3-5-7-9-11-13-14-15-16-18-20-22-24-25(26(27)28)23-21-19-17-12-10-8-6-4-2/h3-33H2,1-2H3;25H,3-24H2,1-2H3,(H,27,28). The van der Waals surface area contributed by atoms with Crippen molar-refractivity contribution in [2.75, 3.05) is 6.61 Å². The van der Waals surface area contributed by atoms with Gasteiger partial charge in [0, 0.05) is 6.42 Å². The number of carboxylic acids is 1. The Kier molecular flexibility index (Phi) is 60.9. The van der Waals surface area contributed by atoms with Crippen LogP contribution in [0.2, 0.25) is 0 Å². The molecule has 0 aromatic rings. The average Bonchev–Trinajstić information content (AvgIpc) is 3.29. The molecular weight excluding hydrogens is 785 g/mol. The minimum absolute atomic E-state index is 0.0269. The molecule has 0 aliphatic heterocycles. The molecular formula is C60H120O4. The summed E-state index contributed by atoms with van der Waals surface area (Å²) in [5.41, 5.74) is 0. The van der Waals surface area contributed by atoms with E-state index in [0.29, 0.717) is 13.0 Å².